The van der Waals surface area contributed by atoms with E-state index < -0.39 is 0 Å². The molecule has 0 aliphatic heterocycles. The normalized spacial score (nSPS) is 9.89. The quantitative estimate of drug-likeness (QED) is 0.749. The monoisotopic (exact) mass is 270 g/mol. The molecule has 0 heterocycles. The summed E-state index contributed by atoms with van der Waals surface area (Å²) in [6, 6.07) is 7.10. The number of nitrogens with one attached hydrogen (secondary N) is 2. The summed E-state index contributed by atoms with van der Waals surface area (Å²) in [5, 5.41) is 6.05. The average Bonchev–Trinajstić information content (AvgIpc) is 2.37. The number of hydrogen-bond acceptors (Lipinski definition) is 2. The van der Waals surface area contributed by atoms with Crippen LogP contribution in [0, 0.1) is 0 Å². The molecule has 2 N–H and O–H groups in total. The van der Waals surface area contributed by atoms with Crippen LogP contribution in [-0.4, -0.2) is 25.7 Å². The third kappa shape index (κ3) is 5.77. The molecule has 1 aromatic carbocycles. The van der Waals surface area contributed by atoms with E-state index in [0.29, 0.717) is 30.5 Å². The first-order valence-electron chi connectivity index (χ1n) is 6.13. The molecule has 5 heteroatoms. The predicted molar refractivity (Wildman–Crippen MR) is 73.3 cm³/mol. The SMILES string of the molecule is CCCCNC(=O)NCCOc1ccccc1Cl. The third-order valence-electron chi connectivity index (χ3n) is 2.30. The van der Waals surface area contributed by atoms with Gasteiger partial charge in [0.15, 0.2) is 0 Å². The molecule has 18 heavy (non-hydrogen) atoms. The molecule has 0 saturated carbocycles. The van der Waals surface area contributed by atoms with Crippen molar-refractivity contribution in [3.05, 3.63) is 29.3 Å². The molecule has 0 aromatic heterocycles. The van der Waals surface area contributed by atoms with E-state index in [1.807, 2.05) is 12.1 Å². The molecular weight excluding hydrogens is 252 g/mol. The van der Waals surface area contributed by atoms with Crippen LogP contribution in [-0.2, 0) is 0 Å². The molecule has 2 amide bonds. The van der Waals surface area contributed by atoms with Gasteiger partial charge in [-0.2, -0.15) is 0 Å². The zero-order valence-electron chi connectivity index (χ0n) is 10.5. The number of carbonyl (C=O) groups is 1. The van der Waals surface area contributed by atoms with E-state index >= 15 is 0 Å². The van der Waals surface area contributed by atoms with Gasteiger partial charge in [0.05, 0.1) is 11.6 Å². The average molecular weight is 271 g/mol. The molecule has 4 nitrogen and oxygen atoms in total. The van der Waals surface area contributed by atoms with Crippen LogP contribution in [0.4, 0.5) is 4.79 Å². The number of ether oxygens (including phenoxy) is 1. The van der Waals surface area contributed by atoms with Crippen LogP contribution >= 0.6 is 11.6 Å². The number of unbranched alkanes of at least 4 members (excludes halogenated alkanes) is 1. The molecule has 0 atom stereocenters. The van der Waals surface area contributed by atoms with Crippen LogP contribution < -0.4 is 15.4 Å². The Balaban J connectivity index is 2.12. The summed E-state index contributed by atoms with van der Waals surface area (Å²) in [4.78, 5) is 11.3. The minimum atomic E-state index is -0.161. The van der Waals surface area contributed by atoms with Crippen molar-refractivity contribution in [2.45, 2.75) is 19.8 Å². The zero-order chi connectivity index (χ0) is 13.2. The minimum absolute atomic E-state index is 0.161. The summed E-state index contributed by atoms with van der Waals surface area (Å²) < 4.78 is 5.44. The van der Waals surface area contributed by atoms with E-state index in [1.54, 1.807) is 12.1 Å². The summed E-state index contributed by atoms with van der Waals surface area (Å²) in [7, 11) is 0. The Hall–Kier alpha value is -1.42. The molecule has 0 aliphatic rings. The van der Waals surface area contributed by atoms with E-state index in [1.165, 1.54) is 0 Å². The molecule has 1 rings (SSSR count). The van der Waals surface area contributed by atoms with E-state index in [2.05, 4.69) is 17.6 Å². The number of benzene rings is 1. The second-order valence-corrected chi connectivity index (χ2v) is 4.22. The number of amides is 2. The van der Waals surface area contributed by atoms with Gasteiger partial charge in [-0.05, 0) is 18.6 Å². The van der Waals surface area contributed by atoms with Crippen molar-refractivity contribution in [2.24, 2.45) is 0 Å². The summed E-state index contributed by atoms with van der Waals surface area (Å²) in [6.07, 6.45) is 2.06. The first-order valence-corrected chi connectivity index (χ1v) is 6.51. The summed E-state index contributed by atoms with van der Waals surface area (Å²) in [5.41, 5.74) is 0. The van der Waals surface area contributed by atoms with Gasteiger partial charge in [0.25, 0.3) is 0 Å². The van der Waals surface area contributed by atoms with Gasteiger partial charge in [-0.15, -0.1) is 0 Å². The number of urea groups is 1. The smallest absolute Gasteiger partial charge is 0.314 e. The van der Waals surface area contributed by atoms with Gasteiger partial charge in [0.2, 0.25) is 0 Å². The number of para-hydroxylation sites is 1. The molecule has 0 fully saturated rings. The van der Waals surface area contributed by atoms with Gasteiger partial charge in [-0.25, -0.2) is 4.79 Å². The molecule has 0 radical (unpaired) electrons. The van der Waals surface area contributed by atoms with Crippen LogP contribution in [0.5, 0.6) is 5.75 Å². The third-order valence-corrected chi connectivity index (χ3v) is 2.61. The maximum absolute atomic E-state index is 11.3. The fourth-order valence-electron chi connectivity index (χ4n) is 1.33. The minimum Gasteiger partial charge on any atom is -0.490 e. The maximum Gasteiger partial charge on any atom is 0.314 e. The Bertz CT molecular complexity index is 372. The molecule has 0 spiro atoms. The highest BCUT2D eigenvalue weighted by molar-refractivity contribution is 6.32. The molecule has 100 valence electrons. The number of hydrogen-bond donors (Lipinski definition) is 2. The second kappa shape index (κ2) is 8.64. The predicted octanol–water partition coefficient (Wildman–Crippen LogP) is 2.82. The van der Waals surface area contributed by atoms with Gasteiger partial charge < -0.3 is 15.4 Å². The van der Waals surface area contributed by atoms with Crippen molar-refractivity contribution in [3.63, 3.8) is 0 Å². The highest BCUT2D eigenvalue weighted by Crippen LogP contribution is 2.22. The molecule has 0 aliphatic carbocycles. The lowest BCUT2D eigenvalue weighted by molar-refractivity contribution is 0.236. The van der Waals surface area contributed by atoms with Crippen LogP contribution in [0.25, 0.3) is 0 Å². The Kier molecular flexibility index (Phi) is 7.03. The van der Waals surface area contributed by atoms with Gasteiger partial charge in [0, 0.05) is 6.54 Å². The number of rotatable bonds is 7. The van der Waals surface area contributed by atoms with Gasteiger partial charge in [0.1, 0.15) is 12.4 Å². The van der Waals surface area contributed by atoms with E-state index in [0.717, 1.165) is 12.8 Å². The van der Waals surface area contributed by atoms with Crippen molar-refractivity contribution >= 4 is 17.6 Å². The van der Waals surface area contributed by atoms with Crippen LogP contribution in [0.1, 0.15) is 19.8 Å². The van der Waals surface area contributed by atoms with Gasteiger partial charge in [-0.1, -0.05) is 37.1 Å². The Morgan fingerprint density at radius 3 is 2.72 bits per heavy atom. The summed E-state index contributed by atoms with van der Waals surface area (Å²) in [5.74, 6) is 0.632. The Morgan fingerprint density at radius 1 is 1.28 bits per heavy atom. The molecular formula is C13H19ClN2O2. The van der Waals surface area contributed by atoms with Crippen molar-refractivity contribution in [2.75, 3.05) is 19.7 Å². The number of carbonyl (C=O) groups excluding carboxylic acids is 1. The van der Waals surface area contributed by atoms with Crippen LogP contribution in [0.2, 0.25) is 5.02 Å². The largest absolute Gasteiger partial charge is 0.490 e. The lowest BCUT2D eigenvalue weighted by Crippen LogP contribution is -2.38. The standard InChI is InChI=1S/C13H19ClN2O2/c1-2-3-8-15-13(17)16-9-10-18-12-7-5-4-6-11(12)14/h4-7H,2-3,8-10H2,1H3,(H2,15,16,17). The molecule has 0 bridgehead atoms. The first-order chi connectivity index (χ1) is 8.74. The van der Waals surface area contributed by atoms with Gasteiger partial charge in [-0.3, -0.25) is 0 Å². The maximum atomic E-state index is 11.3. The summed E-state index contributed by atoms with van der Waals surface area (Å²) in [6.45, 7) is 3.62. The highest BCUT2D eigenvalue weighted by Gasteiger charge is 2.01. The van der Waals surface area contributed by atoms with E-state index in [-0.39, 0.29) is 6.03 Å². The van der Waals surface area contributed by atoms with E-state index in [9.17, 15) is 4.79 Å². The van der Waals surface area contributed by atoms with Crippen LogP contribution in [0.15, 0.2) is 24.3 Å². The van der Waals surface area contributed by atoms with E-state index in [4.69, 9.17) is 16.3 Å². The highest BCUT2D eigenvalue weighted by atomic mass is 35.5. The summed E-state index contributed by atoms with van der Waals surface area (Å²) >= 11 is 5.93. The lowest BCUT2D eigenvalue weighted by atomic mass is 10.3. The molecule has 0 saturated heterocycles. The zero-order valence-corrected chi connectivity index (χ0v) is 11.3. The first kappa shape index (κ1) is 14.6. The Labute approximate surface area is 113 Å². The fourth-order valence-corrected chi connectivity index (χ4v) is 1.52. The lowest BCUT2D eigenvalue weighted by Gasteiger charge is -2.09. The second-order valence-electron chi connectivity index (χ2n) is 3.82. The topological polar surface area (TPSA) is 50.4 Å². The Morgan fingerprint density at radius 2 is 2.00 bits per heavy atom. The number of halogens is 1. The van der Waals surface area contributed by atoms with Crippen molar-refractivity contribution in [1.82, 2.24) is 10.6 Å². The van der Waals surface area contributed by atoms with Gasteiger partial charge >= 0.3 is 6.03 Å². The molecule has 0 unspecified atom stereocenters. The van der Waals surface area contributed by atoms with Crippen LogP contribution in [0.3, 0.4) is 0 Å². The van der Waals surface area contributed by atoms with Crippen molar-refractivity contribution in [3.8, 4) is 5.75 Å². The van der Waals surface area contributed by atoms with Crippen molar-refractivity contribution in [1.29, 1.82) is 0 Å². The molecule has 1 aromatic rings. The van der Waals surface area contributed by atoms with Crippen molar-refractivity contribution < 1.29 is 9.53 Å². The fraction of sp³-hybridized carbons (Fsp3) is 0.462.